The lowest BCUT2D eigenvalue weighted by Gasteiger charge is -2.08. The fourth-order valence-electron chi connectivity index (χ4n) is 2.50. The fourth-order valence-corrected chi connectivity index (χ4v) is 2.50. The lowest BCUT2D eigenvalue weighted by molar-refractivity contribution is -0.274. The van der Waals surface area contributed by atoms with Gasteiger partial charge in [-0.1, -0.05) is 18.2 Å². The van der Waals surface area contributed by atoms with Crippen LogP contribution < -0.4 is 9.47 Å². The van der Waals surface area contributed by atoms with Gasteiger partial charge in [0.25, 0.3) is 0 Å². The van der Waals surface area contributed by atoms with Crippen LogP contribution in [0.4, 0.5) is 13.2 Å². The predicted molar refractivity (Wildman–Crippen MR) is 91.0 cm³/mol. The third-order valence-corrected chi connectivity index (χ3v) is 3.73. The first-order valence-electron chi connectivity index (χ1n) is 7.98. The van der Waals surface area contributed by atoms with Crippen LogP contribution in [0.15, 0.2) is 60.7 Å². The maximum absolute atomic E-state index is 12.2. The van der Waals surface area contributed by atoms with Crippen molar-refractivity contribution in [3.8, 4) is 22.8 Å². The van der Waals surface area contributed by atoms with E-state index in [2.05, 4.69) is 9.84 Å². The van der Waals surface area contributed by atoms with E-state index in [9.17, 15) is 13.2 Å². The van der Waals surface area contributed by atoms with Gasteiger partial charge in [0.2, 0.25) is 0 Å². The number of hydrogen-bond acceptors (Lipinski definition) is 3. The molecule has 0 aliphatic carbocycles. The molecule has 26 heavy (non-hydrogen) atoms. The van der Waals surface area contributed by atoms with Gasteiger partial charge in [-0.25, -0.2) is 0 Å². The molecule has 0 bridgehead atoms. The second-order valence-electron chi connectivity index (χ2n) is 5.63. The van der Waals surface area contributed by atoms with Crippen LogP contribution in [0, 0.1) is 0 Å². The molecule has 0 aliphatic heterocycles. The Kier molecular flexibility index (Phi) is 5.16. The molecule has 0 spiro atoms. The zero-order valence-electron chi connectivity index (χ0n) is 14.0. The molecule has 0 saturated heterocycles. The van der Waals surface area contributed by atoms with E-state index >= 15 is 0 Å². The van der Waals surface area contributed by atoms with Crippen LogP contribution in [0.1, 0.15) is 5.69 Å². The standard InChI is InChI=1S/C19H17F3N2O2/c1-24-15(11-12-25-16-5-3-2-4-6-16)13-18(23-24)14-7-9-17(10-8-14)26-19(20,21)22/h2-10,13H,11-12H2,1H3. The van der Waals surface area contributed by atoms with Crippen molar-refractivity contribution in [3.05, 3.63) is 66.4 Å². The lowest BCUT2D eigenvalue weighted by atomic mass is 10.1. The molecule has 0 saturated carbocycles. The molecule has 0 atom stereocenters. The summed E-state index contributed by atoms with van der Waals surface area (Å²) in [7, 11) is 1.82. The Morgan fingerprint density at radius 2 is 1.65 bits per heavy atom. The number of benzene rings is 2. The summed E-state index contributed by atoms with van der Waals surface area (Å²) in [6.45, 7) is 0.501. The van der Waals surface area contributed by atoms with Crippen molar-refractivity contribution < 1.29 is 22.6 Å². The molecule has 0 unspecified atom stereocenters. The lowest BCUT2D eigenvalue weighted by Crippen LogP contribution is -2.16. The Morgan fingerprint density at radius 3 is 2.31 bits per heavy atom. The number of alkyl halides is 3. The summed E-state index contributed by atoms with van der Waals surface area (Å²) in [4.78, 5) is 0. The number of para-hydroxylation sites is 1. The second kappa shape index (κ2) is 7.51. The van der Waals surface area contributed by atoms with Crippen molar-refractivity contribution >= 4 is 0 Å². The third kappa shape index (κ3) is 4.78. The molecular formula is C19H17F3N2O2. The number of halogens is 3. The molecule has 3 aromatic rings. The number of aryl methyl sites for hydroxylation is 1. The third-order valence-electron chi connectivity index (χ3n) is 3.73. The summed E-state index contributed by atoms with van der Waals surface area (Å²) in [5, 5.41) is 4.41. The molecule has 136 valence electrons. The molecule has 0 fully saturated rings. The van der Waals surface area contributed by atoms with Gasteiger partial charge in [-0.3, -0.25) is 4.68 Å². The van der Waals surface area contributed by atoms with Gasteiger partial charge in [-0.15, -0.1) is 13.2 Å². The molecule has 1 aromatic heterocycles. The van der Waals surface area contributed by atoms with Crippen molar-refractivity contribution in [1.82, 2.24) is 9.78 Å². The zero-order chi connectivity index (χ0) is 18.6. The number of rotatable bonds is 6. The van der Waals surface area contributed by atoms with Gasteiger partial charge < -0.3 is 9.47 Å². The van der Waals surface area contributed by atoms with E-state index in [1.54, 1.807) is 16.8 Å². The zero-order valence-corrected chi connectivity index (χ0v) is 14.0. The maximum Gasteiger partial charge on any atom is 0.573 e. The van der Waals surface area contributed by atoms with Crippen LogP contribution in [-0.4, -0.2) is 22.7 Å². The molecule has 0 radical (unpaired) electrons. The van der Waals surface area contributed by atoms with E-state index in [0.717, 1.165) is 11.4 Å². The Bertz CT molecular complexity index is 843. The van der Waals surface area contributed by atoms with Crippen molar-refractivity contribution in [3.63, 3.8) is 0 Å². The average molecular weight is 362 g/mol. The van der Waals surface area contributed by atoms with E-state index in [1.807, 2.05) is 43.4 Å². The van der Waals surface area contributed by atoms with Crippen LogP contribution in [-0.2, 0) is 13.5 Å². The van der Waals surface area contributed by atoms with Crippen LogP contribution >= 0.6 is 0 Å². The Labute approximate surface area is 148 Å². The van der Waals surface area contributed by atoms with Crippen LogP contribution in [0.3, 0.4) is 0 Å². The molecule has 0 N–H and O–H groups in total. The Hall–Kier alpha value is -2.96. The topological polar surface area (TPSA) is 36.3 Å². The van der Waals surface area contributed by atoms with Gasteiger partial charge in [-0.2, -0.15) is 5.10 Å². The van der Waals surface area contributed by atoms with Gasteiger partial charge in [0.05, 0.1) is 12.3 Å². The summed E-state index contributed by atoms with van der Waals surface area (Å²) in [5.74, 6) is 0.545. The van der Waals surface area contributed by atoms with Crippen molar-refractivity contribution in [2.75, 3.05) is 6.61 Å². The largest absolute Gasteiger partial charge is 0.573 e. The molecule has 3 rings (SSSR count). The van der Waals surface area contributed by atoms with E-state index in [0.29, 0.717) is 24.3 Å². The molecule has 4 nitrogen and oxygen atoms in total. The van der Waals surface area contributed by atoms with E-state index in [-0.39, 0.29) is 5.75 Å². The smallest absolute Gasteiger partial charge is 0.493 e. The van der Waals surface area contributed by atoms with E-state index in [1.165, 1.54) is 12.1 Å². The molecule has 0 amide bonds. The molecule has 1 heterocycles. The summed E-state index contributed by atoms with van der Waals surface area (Å²) < 4.78 is 47.9. The van der Waals surface area contributed by atoms with Crippen LogP contribution in [0.2, 0.25) is 0 Å². The first-order valence-corrected chi connectivity index (χ1v) is 7.98. The fraction of sp³-hybridized carbons (Fsp3) is 0.211. The van der Waals surface area contributed by atoms with Gasteiger partial charge in [0.1, 0.15) is 11.5 Å². The average Bonchev–Trinajstić information content (AvgIpc) is 2.96. The highest BCUT2D eigenvalue weighted by Crippen LogP contribution is 2.26. The Morgan fingerprint density at radius 1 is 0.962 bits per heavy atom. The van der Waals surface area contributed by atoms with E-state index in [4.69, 9.17) is 4.74 Å². The minimum atomic E-state index is -4.70. The minimum Gasteiger partial charge on any atom is -0.493 e. The number of hydrogen-bond donors (Lipinski definition) is 0. The normalized spacial score (nSPS) is 11.4. The number of nitrogens with zero attached hydrogens (tertiary/aromatic N) is 2. The maximum atomic E-state index is 12.2. The summed E-state index contributed by atoms with van der Waals surface area (Å²) in [5.41, 5.74) is 2.36. The molecule has 0 aliphatic rings. The second-order valence-corrected chi connectivity index (χ2v) is 5.63. The molecular weight excluding hydrogens is 345 g/mol. The first-order chi connectivity index (χ1) is 12.4. The van der Waals surface area contributed by atoms with E-state index < -0.39 is 6.36 Å². The summed E-state index contributed by atoms with van der Waals surface area (Å²) in [6.07, 6.45) is -4.04. The highest BCUT2D eigenvalue weighted by atomic mass is 19.4. The molecule has 7 heteroatoms. The van der Waals surface area contributed by atoms with Crippen LogP contribution in [0.25, 0.3) is 11.3 Å². The van der Waals surface area contributed by atoms with Crippen molar-refractivity contribution in [2.24, 2.45) is 7.05 Å². The Balaban J connectivity index is 1.64. The monoisotopic (exact) mass is 362 g/mol. The number of aromatic nitrogens is 2. The first kappa shape index (κ1) is 17.8. The summed E-state index contributed by atoms with van der Waals surface area (Å²) in [6, 6.07) is 17.1. The predicted octanol–water partition coefficient (Wildman–Crippen LogP) is 4.61. The summed E-state index contributed by atoms with van der Waals surface area (Å²) >= 11 is 0. The van der Waals surface area contributed by atoms with Gasteiger partial charge in [0, 0.05) is 24.7 Å². The highest BCUT2D eigenvalue weighted by Gasteiger charge is 2.31. The minimum absolute atomic E-state index is 0.256. The van der Waals surface area contributed by atoms with Crippen LogP contribution in [0.5, 0.6) is 11.5 Å². The highest BCUT2D eigenvalue weighted by molar-refractivity contribution is 5.60. The van der Waals surface area contributed by atoms with Crippen molar-refractivity contribution in [1.29, 1.82) is 0 Å². The van der Waals surface area contributed by atoms with Gasteiger partial charge >= 0.3 is 6.36 Å². The molecule has 2 aromatic carbocycles. The van der Waals surface area contributed by atoms with Crippen molar-refractivity contribution in [2.45, 2.75) is 12.8 Å². The number of ether oxygens (including phenoxy) is 2. The quantitative estimate of drug-likeness (QED) is 0.643. The SMILES string of the molecule is Cn1nc(-c2ccc(OC(F)(F)F)cc2)cc1CCOc1ccccc1. The van der Waals surface area contributed by atoms with Gasteiger partial charge in [0.15, 0.2) is 0 Å². The van der Waals surface area contributed by atoms with Gasteiger partial charge in [-0.05, 0) is 42.5 Å².